The van der Waals surface area contributed by atoms with E-state index in [9.17, 15) is 0 Å². The summed E-state index contributed by atoms with van der Waals surface area (Å²) >= 11 is 3.43. The van der Waals surface area contributed by atoms with Gasteiger partial charge in [0.25, 0.3) is 0 Å². The molecule has 1 heterocycles. The maximum Gasteiger partial charge on any atom is 0.0486 e. The molecule has 0 aliphatic heterocycles. The molecule has 0 bridgehead atoms. The summed E-state index contributed by atoms with van der Waals surface area (Å²) in [6.45, 7) is 2.99. The summed E-state index contributed by atoms with van der Waals surface area (Å²) in [6.07, 6.45) is 2.20. The van der Waals surface area contributed by atoms with Crippen molar-refractivity contribution in [3.63, 3.8) is 0 Å². The van der Waals surface area contributed by atoms with Gasteiger partial charge in [-0.05, 0) is 52.2 Å². The zero-order valence-electron chi connectivity index (χ0n) is 10.7. The van der Waals surface area contributed by atoms with Crippen molar-refractivity contribution in [3.8, 4) is 0 Å². The van der Waals surface area contributed by atoms with Crippen LogP contribution in [0, 0.1) is 6.92 Å². The molecule has 0 fully saturated rings. The Bertz CT molecular complexity index is 744. The Morgan fingerprint density at radius 1 is 1.16 bits per heavy atom. The number of hydrogen-bond acceptors (Lipinski definition) is 1. The number of aromatic nitrogens is 1. The predicted molar refractivity (Wildman–Crippen MR) is 84.3 cm³/mol. The highest BCUT2D eigenvalue weighted by molar-refractivity contribution is 9.10. The van der Waals surface area contributed by atoms with Crippen LogP contribution in [0.2, 0.25) is 0 Å². The number of fused-ring (bicyclic) bond motifs is 1. The summed E-state index contributed by atoms with van der Waals surface area (Å²) in [5, 5.41) is 1.31. The first-order chi connectivity index (χ1) is 9.15. The fourth-order valence-corrected chi connectivity index (χ4v) is 2.70. The van der Waals surface area contributed by atoms with E-state index in [0.29, 0.717) is 0 Å². The van der Waals surface area contributed by atoms with Gasteiger partial charge in [0, 0.05) is 33.8 Å². The molecule has 3 aromatic rings. The molecule has 96 valence electrons. The predicted octanol–water partition coefficient (Wildman–Crippen LogP) is 4.34. The van der Waals surface area contributed by atoms with E-state index in [2.05, 4.69) is 63.9 Å². The van der Waals surface area contributed by atoms with Crippen molar-refractivity contribution in [2.45, 2.75) is 13.5 Å². The Hall–Kier alpha value is -1.74. The van der Waals surface area contributed by atoms with Crippen molar-refractivity contribution >= 4 is 32.5 Å². The summed E-state index contributed by atoms with van der Waals surface area (Å²) in [5.41, 5.74) is 10.5. The van der Waals surface area contributed by atoms with E-state index in [0.717, 1.165) is 16.7 Å². The second-order valence-electron chi connectivity index (χ2n) is 4.81. The molecule has 0 unspecified atom stereocenters. The number of rotatable bonds is 2. The lowest BCUT2D eigenvalue weighted by Gasteiger charge is -2.07. The van der Waals surface area contributed by atoms with Crippen LogP contribution in [-0.4, -0.2) is 4.57 Å². The first kappa shape index (κ1) is 12.3. The third-order valence-electron chi connectivity index (χ3n) is 3.40. The maximum absolute atomic E-state index is 5.94. The molecule has 2 aromatic carbocycles. The molecule has 0 saturated carbocycles. The zero-order chi connectivity index (χ0) is 13.4. The average molecular weight is 315 g/mol. The smallest absolute Gasteiger partial charge is 0.0486 e. The lowest BCUT2D eigenvalue weighted by molar-refractivity contribution is 0.834. The van der Waals surface area contributed by atoms with Crippen LogP contribution in [0.3, 0.4) is 0 Å². The first-order valence-electron chi connectivity index (χ1n) is 6.23. The molecule has 0 radical (unpaired) electrons. The van der Waals surface area contributed by atoms with Crippen molar-refractivity contribution < 1.29 is 0 Å². The molecule has 0 aliphatic rings. The van der Waals surface area contributed by atoms with Gasteiger partial charge in [0.1, 0.15) is 0 Å². The van der Waals surface area contributed by atoms with Crippen LogP contribution in [0.4, 0.5) is 5.69 Å². The van der Waals surface area contributed by atoms with Crippen molar-refractivity contribution in [2.75, 3.05) is 5.73 Å². The molecule has 0 aliphatic carbocycles. The van der Waals surface area contributed by atoms with E-state index in [4.69, 9.17) is 5.73 Å². The molecule has 2 N–H and O–H groups in total. The number of nitrogens with two attached hydrogens (primary N) is 1. The van der Waals surface area contributed by atoms with E-state index >= 15 is 0 Å². The zero-order valence-corrected chi connectivity index (χ0v) is 12.3. The first-order valence-corrected chi connectivity index (χ1v) is 7.03. The van der Waals surface area contributed by atoms with Crippen LogP contribution in [0.5, 0.6) is 0 Å². The molecule has 0 spiro atoms. The summed E-state index contributed by atoms with van der Waals surface area (Å²) < 4.78 is 3.22. The molecule has 0 atom stereocenters. The van der Waals surface area contributed by atoms with E-state index in [1.807, 2.05) is 12.1 Å². The Balaban J connectivity index is 2.03. The van der Waals surface area contributed by atoms with Crippen LogP contribution in [-0.2, 0) is 6.54 Å². The number of hydrogen-bond donors (Lipinski definition) is 1. The maximum atomic E-state index is 5.94. The second-order valence-corrected chi connectivity index (χ2v) is 5.67. The molecule has 1 aromatic heterocycles. The average Bonchev–Trinajstić information content (AvgIpc) is 2.72. The van der Waals surface area contributed by atoms with Gasteiger partial charge in [0.05, 0.1) is 0 Å². The highest BCUT2D eigenvalue weighted by Gasteiger charge is 2.05. The van der Waals surface area contributed by atoms with Gasteiger partial charge in [-0.3, -0.25) is 0 Å². The van der Waals surface area contributed by atoms with Crippen LogP contribution >= 0.6 is 15.9 Å². The minimum atomic E-state index is 0.783. The van der Waals surface area contributed by atoms with Gasteiger partial charge in [0.2, 0.25) is 0 Å². The molecule has 3 heteroatoms. The highest BCUT2D eigenvalue weighted by atomic mass is 79.9. The Labute approximate surface area is 121 Å². The molecule has 19 heavy (non-hydrogen) atoms. The van der Waals surface area contributed by atoms with Gasteiger partial charge in [-0.1, -0.05) is 24.3 Å². The number of para-hydroxylation sites is 1. The Morgan fingerprint density at radius 3 is 2.74 bits per heavy atom. The number of anilines is 1. The quantitative estimate of drug-likeness (QED) is 0.701. The van der Waals surface area contributed by atoms with Crippen molar-refractivity contribution in [1.82, 2.24) is 4.57 Å². The third kappa shape index (κ3) is 2.26. The molecular formula is C16H15BrN2. The number of nitrogen functional groups attached to an aromatic ring is 1. The number of benzene rings is 2. The number of nitrogens with zero attached hydrogens (tertiary/aromatic N) is 1. The van der Waals surface area contributed by atoms with Crippen LogP contribution in [0.25, 0.3) is 10.9 Å². The minimum Gasteiger partial charge on any atom is -0.398 e. The van der Waals surface area contributed by atoms with Crippen LogP contribution < -0.4 is 5.73 Å². The normalized spacial score (nSPS) is 11.1. The fraction of sp³-hybridized carbons (Fsp3) is 0.125. The van der Waals surface area contributed by atoms with Crippen LogP contribution in [0.15, 0.2) is 53.1 Å². The Morgan fingerprint density at radius 2 is 1.95 bits per heavy atom. The van der Waals surface area contributed by atoms with Gasteiger partial charge >= 0.3 is 0 Å². The lowest BCUT2D eigenvalue weighted by atomic mass is 10.2. The third-order valence-corrected chi connectivity index (χ3v) is 4.12. The van der Waals surface area contributed by atoms with Crippen molar-refractivity contribution in [1.29, 1.82) is 0 Å². The molecule has 0 saturated heterocycles. The molecular weight excluding hydrogens is 300 g/mol. The minimum absolute atomic E-state index is 0.783. The summed E-state index contributed by atoms with van der Waals surface area (Å²) in [6, 6.07) is 14.6. The van der Waals surface area contributed by atoms with Gasteiger partial charge in [-0.25, -0.2) is 0 Å². The monoisotopic (exact) mass is 314 g/mol. The van der Waals surface area contributed by atoms with Crippen LogP contribution in [0.1, 0.15) is 11.1 Å². The van der Waals surface area contributed by atoms with Gasteiger partial charge in [-0.2, -0.15) is 0 Å². The lowest BCUT2D eigenvalue weighted by Crippen LogP contribution is -1.99. The van der Waals surface area contributed by atoms with E-state index in [1.165, 1.54) is 22.0 Å². The number of halogens is 1. The highest BCUT2D eigenvalue weighted by Crippen LogP contribution is 2.24. The summed E-state index contributed by atoms with van der Waals surface area (Å²) in [5.74, 6) is 0. The van der Waals surface area contributed by atoms with E-state index in [1.54, 1.807) is 0 Å². The number of aryl methyl sites for hydroxylation is 1. The Kier molecular flexibility index (Phi) is 3.07. The molecule has 3 rings (SSSR count). The standard InChI is InChI=1S/C16H15BrN2/c1-11-9-19(16-5-3-2-4-13(11)16)10-12-6-7-14(17)15(18)8-12/h2-9H,10,18H2,1H3. The molecule has 0 amide bonds. The summed E-state index contributed by atoms with van der Waals surface area (Å²) in [7, 11) is 0. The van der Waals surface area contributed by atoms with Crippen molar-refractivity contribution in [2.24, 2.45) is 0 Å². The van der Waals surface area contributed by atoms with E-state index < -0.39 is 0 Å². The van der Waals surface area contributed by atoms with E-state index in [-0.39, 0.29) is 0 Å². The molecule has 2 nitrogen and oxygen atoms in total. The second kappa shape index (κ2) is 4.74. The summed E-state index contributed by atoms with van der Waals surface area (Å²) in [4.78, 5) is 0. The topological polar surface area (TPSA) is 30.9 Å². The van der Waals surface area contributed by atoms with Crippen molar-refractivity contribution in [3.05, 3.63) is 64.3 Å². The van der Waals surface area contributed by atoms with Gasteiger partial charge in [-0.15, -0.1) is 0 Å². The fourth-order valence-electron chi connectivity index (χ4n) is 2.45. The van der Waals surface area contributed by atoms with Gasteiger partial charge < -0.3 is 10.3 Å². The van der Waals surface area contributed by atoms with Gasteiger partial charge in [0.15, 0.2) is 0 Å². The largest absolute Gasteiger partial charge is 0.398 e. The SMILES string of the molecule is Cc1cn(Cc2ccc(Br)c(N)c2)c2ccccc12.